The highest BCUT2D eigenvalue weighted by atomic mass is 32.2. The van der Waals surface area contributed by atoms with E-state index in [9.17, 15) is 13.2 Å². The van der Waals surface area contributed by atoms with Crippen LogP contribution in [0.15, 0.2) is 18.5 Å². The number of nitrogens with zero attached hydrogens (tertiary/aromatic N) is 3. The fourth-order valence-electron chi connectivity index (χ4n) is 2.93. The van der Waals surface area contributed by atoms with Gasteiger partial charge in [0.15, 0.2) is 11.5 Å². The van der Waals surface area contributed by atoms with Crippen LogP contribution in [0.2, 0.25) is 0 Å². The second-order valence-corrected chi connectivity index (χ2v) is 8.17. The molecule has 10 heteroatoms. The highest BCUT2D eigenvalue weighted by Gasteiger charge is 2.29. The van der Waals surface area contributed by atoms with E-state index in [-0.39, 0.29) is 11.8 Å². The fraction of sp³-hybridized carbons (Fsp3) is 0.533. The Morgan fingerprint density at radius 3 is 3.12 bits per heavy atom. The number of rotatable bonds is 5. The summed E-state index contributed by atoms with van der Waals surface area (Å²) in [6.07, 6.45) is 5.24. The fourth-order valence-corrected chi connectivity index (χ4v) is 4.52. The first-order valence-corrected chi connectivity index (χ1v) is 9.94. The summed E-state index contributed by atoms with van der Waals surface area (Å²) in [5.41, 5.74) is 1.31. The zero-order chi connectivity index (χ0) is 17.9. The van der Waals surface area contributed by atoms with Gasteiger partial charge in [-0.05, 0) is 25.3 Å². The minimum Gasteiger partial charge on any atom is -0.345 e. The number of carbonyl (C=O) groups excluding carboxylic acids is 1. The number of hydrogen-bond donors (Lipinski definition) is 3. The highest BCUT2D eigenvalue weighted by molar-refractivity contribution is 7.89. The van der Waals surface area contributed by atoms with Gasteiger partial charge >= 0.3 is 6.03 Å². The lowest BCUT2D eigenvalue weighted by Gasteiger charge is -2.32. The Kier molecular flexibility index (Phi) is 5.19. The van der Waals surface area contributed by atoms with Crippen molar-refractivity contribution >= 4 is 33.0 Å². The minimum atomic E-state index is -3.24. The van der Waals surface area contributed by atoms with Crippen LogP contribution in [0.5, 0.6) is 0 Å². The molecular weight excluding hydrogens is 344 g/mol. The number of anilines is 1. The molecule has 3 rings (SSSR count). The molecule has 0 aromatic carbocycles. The molecule has 1 aliphatic rings. The number of hydrogen-bond acceptors (Lipinski definition) is 5. The largest absolute Gasteiger partial charge is 0.345 e. The lowest BCUT2D eigenvalue weighted by Crippen LogP contribution is -2.50. The summed E-state index contributed by atoms with van der Waals surface area (Å²) >= 11 is 0. The molecule has 1 atom stereocenters. The summed E-state index contributed by atoms with van der Waals surface area (Å²) in [5, 5.41) is 5.47. The van der Waals surface area contributed by atoms with Gasteiger partial charge in [-0.15, -0.1) is 0 Å². The number of H-pyrrole nitrogens is 1. The van der Waals surface area contributed by atoms with Gasteiger partial charge < -0.3 is 10.3 Å². The van der Waals surface area contributed by atoms with Gasteiger partial charge in [0, 0.05) is 25.3 Å². The molecule has 25 heavy (non-hydrogen) atoms. The normalized spacial score (nSPS) is 19.0. The van der Waals surface area contributed by atoms with Gasteiger partial charge in [0.2, 0.25) is 10.0 Å². The smallest absolute Gasteiger partial charge is 0.320 e. The van der Waals surface area contributed by atoms with Gasteiger partial charge in [0.25, 0.3) is 0 Å². The zero-order valence-corrected chi connectivity index (χ0v) is 14.8. The number of fused-ring (bicyclic) bond motifs is 1. The molecule has 1 saturated heterocycles. The molecule has 1 fully saturated rings. The molecule has 2 aromatic rings. The van der Waals surface area contributed by atoms with Crippen molar-refractivity contribution < 1.29 is 13.2 Å². The number of urea groups is 1. The Morgan fingerprint density at radius 2 is 2.32 bits per heavy atom. The average Bonchev–Trinajstić information content (AvgIpc) is 3.02. The first kappa shape index (κ1) is 17.6. The molecule has 136 valence electrons. The van der Waals surface area contributed by atoms with Crippen molar-refractivity contribution in [1.82, 2.24) is 24.6 Å². The number of sulfonamides is 1. The average molecular weight is 366 g/mol. The second-order valence-electron chi connectivity index (χ2n) is 6.08. The van der Waals surface area contributed by atoms with E-state index in [4.69, 9.17) is 0 Å². The summed E-state index contributed by atoms with van der Waals surface area (Å²) in [5.74, 6) is 0.480. The van der Waals surface area contributed by atoms with E-state index in [0.29, 0.717) is 36.5 Å². The summed E-state index contributed by atoms with van der Waals surface area (Å²) in [6.45, 7) is 2.66. The SMILES string of the molecule is CCCS(=O)(=O)N1CCC[C@@H](NC(=O)Nc2cnc3[nH]ccc3n2)C1. The Balaban J connectivity index is 1.58. The number of nitrogens with one attached hydrogen (secondary N) is 3. The van der Waals surface area contributed by atoms with Gasteiger partial charge in [0.05, 0.1) is 11.9 Å². The summed E-state index contributed by atoms with van der Waals surface area (Å²) < 4.78 is 25.8. The first-order valence-electron chi connectivity index (χ1n) is 8.33. The molecule has 3 N–H and O–H groups in total. The highest BCUT2D eigenvalue weighted by Crippen LogP contribution is 2.15. The third kappa shape index (κ3) is 4.26. The number of piperidine rings is 1. The molecule has 0 saturated carbocycles. The van der Waals surface area contributed by atoms with E-state index >= 15 is 0 Å². The Labute approximate surface area is 146 Å². The van der Waals surface area contributed by atoms with Crippen LogP contribution in [0.3, 0.4) is 0 Å². The lowest BCUT2D eigenvalue weighted by molar-refractivity contribution is 0.236. The Hall–Kier alpha value is -2.20. The van der Waals surface area contributed by atoms with E-state index < -0.39 is 16.1 Å². The van der Waals surface area contributed by atoms with Gasteiger partial charge in [0.1, 0.15) is 5.52 Å². The van der Waals surface area contributed by atoms with Crippen molar-refractivity contribution in [2.24, 2.45) is 0 Å². The summed E-state index contributed by atoms with van der Waals surface area (Å²) in [6, 6.07) is 1.14. The first-order chi connectivity index (χ1) is 12.0. The summed E-state index contributed by atoms with van der Waals surface area (Å²) in [4.78, 5) is 23.5. The van der Waals surface area contributed by atoms with Crippen LogP contribution in [0.25, 0.3) is 11.2 Å². The minimum absolute atomic E-state index is 0.137. The van der Waals surface area contributed by atoms with Crippen molar-refractivity contribution in [2.75, 3.05) is 24.2 Å². The lowest BCUT2D eigenvalue weighted by atomic mass is 10.1. The van der Waals surface area contributed by atoms with Crippen LogP contribution in [-0.2, 0) is 10.0 Å². The van der Waals surface area contributed by atoms with E-state index in [1.165, 1.54) is 10.5 Å². The van der Waals surface area contributed by atoms with Crippen LogP contribution in [0, 0.1) is 0 Å². The van der Waals surface area contributed by atoms with E-state index in [1.807, 2.05) is 6.92 Å². The predicted molar refractivity (Wildman–Crippen MR) is 94.7 cm³/mol. The maximum Gasteiger partial charge on any atom is 0.320 e. The van der Waals surface area contributed by atoms with Crippen LogP contribution in [0.1, 0.15) is 26.2 Å². The molecule has 2 aromatic heterocycles. The standard InChI is InChI=1S/C15H22N6O3S/c1-2-8-25(23,24)21-7-3-4-11(10-21)18-15(22)20-13-9-17-14-12(19-13)5-6-16-14/h5-6,9,11H,2-4,7-8,10H2,1H3,(H,16,17)(H2,18,19,20,22)/t11-/m1/s1. The maximum absolute atomic E-state index is 12.2. The molecule has 0 spiro atoms. The quantitative estimate of drug-likeness (QED) is 0.736. The van der Waals surface area contributed by atoms with Gasteiger partial charge in [-0.1, -0.05) is 6.92 Å². The number of carbonyl (C=O) groups is 1. The van der Waals surface area contributed by atoms with Crippen molar-refractivity contribution in [1.29, 1.82) is 0 Å². The monoisotopic (exact) mass is 366 g/mol. The molecule has 2 amide bonds. The number of aromatic nitrogens is 3. The van der Waals surface area contributed by atoms with Gasteiger partial charge in [-0.25, -0.2) is 23.2 Å². The van der Waals surface area contributed by atoms with Gasteiger partial charge in [-0.2, -0.15) is 4.31 Å². The molecule has 3 heterocycles. The van der Waals surface area contributed by atoms with E-state index in [1.54, 1.807) is 12.3 Å². The number of amides is 2. The van der Waals surface area contributed by atoms with E-state index in [2.05, 4.69) is 25.6 Å². The van der Waals surface area contributed by atoms with Crippen LogP contribution < -0.4 is 10.6 Å². The van der Waals surface area contributed by atoms with Crippen LogP contribution >= 0.6 is 0 Å². The molecule has 0 unspecified atom stereocenters. The third-order valence-corrected chi connectivity index (χ3v) is 6.12. The van der Waals surface area contributed by atoms with Crippen molar-refractivity contribution in [3.63, 3.8) is 0 Å². The molecule has 0 aliphatic carbocycles. The molecule has 0 bridgehead atoms. The van der Waals surface area contributed by atoms with Crippen molar-refractivity contribution in [3.05, 3.63) is 18.5 Å². The Morgan fingerprint density at radius 1 is 1.48 bits per heavy atom. The maximum atomic E-state index is 12.2. The summed E-state index contributed by atoms with van der Waals surface area (Å²) in [7, 11) is -3.24. The topological polar surface area (TPSA) is 120 Å². The number of aromatic amines is 1. The van der Waals surface area contributed by atoms with Crippen LogP contribution in [0.4, 0.5) is 10.6 Å². The molecule has 1 aliphatic heterocycles. The van der Waals surface area contributed by atoms with Gasteiger partial charge in [-0.3, -0.25) is 5.32 Å². The molecular formula is C15H22N6O3S. The second kappa shape index (κ2) is 7.36. The molecule has 0 radical (unpaired) electrons. The third-order valence-electron chi connectivity index (χ3n) is 4.08. The van der Waals surface area contributed by atoms with Crippen molar-refractivity contribution in [2.45, 2.75) is 32.2 Å². The predicted octanol–water partition coefficient (Wildman–Crippen LogP) is 1.28. The van der Waals surface area contributed by atoms with E-state index in [0.717, 1.165) is 12.8 Å². The Bertz CT molecular complexity index is 850. The van der Waals surface area contributed by atoms with Crippen LogP contribution in [-0.4, -0.2) is 58.6 Å². The van der Waals surface area contributed by atoms with Crippen molar-refractivity contribution in [3.8, 4) is 0 Å². The molecule has 9 nitrogen and oxygen atoms in total. The zero-order valence-electron chi connectivity index (χ0n) is 14.0.